The van der Waals surface area contributed by atoms with Crippen molar-refractivity contribution in [3.63, 3.8) is 0 Å². The highest BCUT2D eigenvalue weighted by molar-refractivity contribution is 6.40. The fraction of sp³-hybridized carbons (Fsp3) is 0.364. The summed E-state index contributed by atoms with van der Waals surface area (Å²) in [7, 11) is 1.55. The van der Waals surface area contributed by atoms with Crippen molar-refractivity contribution in [2.24, 2.45) is 0 Å². The first-order valence-electron chi connectivity index (χ1n) is 9.49. The molecule has 1 unspecified atom stereocenters. The van der Waals surface area contributed by atoms with Crippen LogP contribution in [0.5, 0.6) is 5.75 Å². The summed E-state index contributed by atoms with van der Waals surface area (Å²) in [6.07, 6.45) is 5.35. The van der Waals surface area contributed by atoms with Gasteiger partial charge in [-0.25, -0.2) is 0 Å². The molecule has 1 aliphatic carbocycles. The van der Waals surface area contributed by atoms with Gasteiger partial charge in [0.1, 0.15) is 5.75 Å². The zero-order valence-corrected chi connectivity index (χ0v) is 15.9. The first-order valence-corrected chi connectivity index (χ1v) is 9.49. The van der Waals surface area contributed by atoms with Crippen molar-refractivity contribution in [3.8, 4) is 5.75 Å². The Bertz CT molecular complexity index is 830. The maximum Gasteiger partial charge on any atom is 0.316 e. The number of fused-ring (bicyclic) bond motifs is 1. The fourth-order valence-corrected chi connectivity index (χ4v) is 3.56. The Balaban J connectivity index is 1.71. The number of rotatable bonds is 4. The lowest BCUT2D eigenvalue weighted by molar-refractivity contribution is -0.137. The number of phenols is 1. The standard InChI is InChI=1S/C22H26N2O3/c1-3-20(17-9-8-15-6-4-5-7-16(15)14-17)23-21(26)22(27)24(2)18-10-12-19(25)13-11-18/h8-14,20,25H,3-7H2,1-2H3,(H,23,26). The number of phenolic OH excluding ortho intramolecular Hbond substituents is 1. The van der Waals surface area contributed by atoms with Crippen LogP contribution in [0, 0.1) is 0 Å². The molecule has 0 radical (unpaired) electrons. The molecule has 0 heterocycles. The van der Waals surface area contributed by atoms with E-state index in [1.165, 1.54) is 41.0 Å². The third kappa shape index (κ3) is 4.30. The smallest absolute Gasteiger partial charge is 0.316 e. The maximum atomic E-state index is 12.5. The molecule has 1 atom stereocenters. The van der Waals surface area contributed by atoms with Crippen LogP contribution >= 0.6 is 0 Å². The number of hydrogen-bond acceptors (Lipinski definition) is 3. The van der Waals surface area contributed by atoms with Crippen molar-refractivity contribution < 1.29 is 14.7 Å². The third-order valence-electron chi connectivity index (χ3n) is 5.22. The second kappa shape index (κ2) is 8.25. The summed E-state index contributed by atoms with van der Waals surface area (Å²) in [5.74, 6) is -1.14. The van der Waals surface area contributed by atoms with Gasteiger partial charge in [0.2, 0.25) is 0 Å². The van der Waals surface area contributed by atoms with Crippen LogP contribution in [0.2, 0.25) is 0 Å². The molecule has 2 aromatic carbocycles. The Labute approximate surface area is 160 Å². The minimum Gasteiger partial charge on any atom is -0.508 e. The largest absolute Gasteiger partial charge is 0.508 e. The fourth-order valence-electron chi connectivity index (χ4n) is 3.56. The van der Waals surface area contributed by atoms with E-state index in [1.807, 2.05) is 6.92 Å². The van der Waals surface area contributed by atoms with Crippen LogP contribution in [0.1, 0.15) is 48.9 Å². The van der Waals surface area contributed by atoms with Crippen molar-refractivity contribution >= 4 is 17.5 Å². The van der Waals surface area contributed by atoms with Crippen molar-refractivity contribution in [2.75, 3.05) is 11.9 Å². The van der Waals surface area contributed by atoms with Crippen molar-refractivity contribution in [3.05, 3.63) is 59.2 Å². The van der Waals surface area contributed by atoms with Gasteiger partial charge < -0.3 is 15.3 Å². The van der Waals surface area contributed by atoms with E-state index in [9.17, 15) is 14.7 Å². The van der Waals surface area contributed by atoms with Gasteiger partial charge in [-0.1, -0.05) is 25.1 Å². The summed E-state index contributed by atoms with van der Waals surface area (Å²) in [4.78, 5) is 26.3. The lowest BCUT2D eigenvalue weighted by Crippen LogP contribution is -2.42. The predicted octanol–water partition coefficient (Wildman–Crippen LogP) is 3.50. The predicted molar refractivity (Wildman–Crippen MR) is 106 cm³/mol. The molecule has 0 aromatic heterocycles. The average molecular weight is 366 g/mol. The quantitative estimate of drug-likeness (QED) is 0.814. The number of aromatic hydroxyl groups is 1. The second-order valence-corrected chi connectivity index (χ2v) is 7.05. The number of amides is 2. The Morgan fingerprint density at radius 1 is 1.07 bits per heavy atom. The van der Waals surface area contributed by atoms with Crippen LogP contribution in [0.25, 0.3) is 0 Å². The second-order valence-electron chi connectivity index (χ2n) is 7.05. The first-order chi connectivity index (χ1) is 13.0. The Hall–Kier alpha value is -2.82. The van der Waals surface area contributed by atoms with Crippen LogP contribution in [0.3, 0.4) is 0 Å². The zero-order chi connectivity index (χ0) is 19.4. The molecule has 0 saturated carbocycles. The Morgan fingerprint density at radius 2 is 1.74 bits per heavy atom. The van der Waals surface area contributed by atoms with Gasteiger partial charge in [-0.15, -0.1) is 0 Å². The molecule has 0 spiro atoms. The van der Waals surface area contributed by atoms with Crippen LogP contribution in [-0.4, -0.2) is 24.0 Å². The van der Waals surface area contributed by atoms with E-state index in [2.05, 4.69) is 23.5 Å². The highest BCUT2D eigenvalue weighted by Crippen LogP contribution is 2.26. The van der Waals surface area contributed by atoms with Crippen LogP contribution in [0.4, 0.5) is 5.69 Å². The molecule has 3 rings (SSSR count). The number of benzene rings is 2. The molecule has 0 bridgehead atoms. The normalized spacial score (nSPS) is 14.1. The number of carbonyl (C=O) groups excluding carboxylic acids is 2. The van der Waals surface area contributed by atoms with Gasteiger partial charge in [-0.3, -0.25) is 9.59 Å². The summed E-state index contributed by atoms with van der Waals surface area (Å²) in [5, 5.41) is 12.2. The third-order valence-corrected chi connectivity index (χ3v) is 5.22. The molecule has 0 aliphatic heterocycles. The lowest BCUT2D eigenvalue weighted by Gasteiger charge is -2.23. The number of aryl methyl sites for hydroxylation is 2. The molecule has 2 amide bonds. The summed E-state index contributed by atoms with van der Waals surface area (Å²) in [6.45, 7) is 2.00. The Kier molecular flexibility index (Phi) is 5.79. The van der Waals surface area contributed by atoms with E-state index in [0.717, 1.165) is 18.4 Å². The van der Waals surface area contributed by atoms with Crippen LogP contribution in [-0.2, 0) is 22.4 Å². The summed E-state index contributed by atoms with van der Waals surface area (Å²) in [5.41, 5.74) is 4.36. The van der Waals surface area contributed by atoms with Crippen molar-refractivity contribution in [1.82, 2.24) is 5.32 Å². The molecule has 5 heteroatoms. The van der Waals surface area contributed by atoms with E-state index in [-0.39, 0.29) is 11.8 Å². The first kappa shape index (κ1) is 19.0. The maximum absolute atomic E-state index is 12.5. The van der Waals surface area contributed by atoms with Gasteiger partial charge >= 0.3 is 11.8 Å². The number of nitrogens with one attached hydrogen (secondary N) is 1. The summed E-state index contributed by atoms with van der Waals surface area (Å²) < 4.78 is 0. The molecular formula is C22H26N2O3. The van der Waals surface area contributed by atoms with E-state index >= 15 is 0 Å². The van der Waals surface area contributed by atoms with Crippen LogP contribution < -0.4 is 10.2 Å². The number of nitrogens with zero attached hydrogens (tertiary/aromatic N) is 1. The molecule has 142 valence electrons. The number of hydrogen-bond donors (Lipinski definition) is 2. The molecule has 27 heavy (non-hydrogen) atoms. The topological polar surface area (TPSA) is 69.6 Å². The molecule has 0 fully saturated rings. The number of anilines is 1. The van der Waals surface area contributed by atoms with Gasteiger partial charge in [-0.05, 0) is 73.1 Å². The average Bonchev–Trinajstić information content (AvgIpc) is 2.71. The van der Waals surface area contributed by atoms with Gasteiger partial charge in [0.15, 0.2) is 0 Å². The highest BCUT2D eigenvalue weighted by Gasteiger charge is 2.23. The minimum atomic E-state index is -0.629. The molecule has 2 N–H and O–H groups in total. The zero-order valence-electron chi connectivity index (χ0n) is 15.9. The van der Waals surface area contributed by atoms with E-state index in [4.69, 9.17) is 0 Å². The lowest BCUT2D eigenvalue weighted by atomic mass is 9.89. The molecule has 1 aliphatic rings. The number of likely N-dealkylation sites (N-methyl/N-ethyl adjacent to an activating group) is 1. The SMILES string of the molecule is CCC(NC(=O)C(=O)N(C)c1ccc(O)cc1)c1ccc2c(c1)CCCC2. The molecule has 0 saturated heterocycles. The van der Waals surface area contributed by atoms with E-state index in [1.54, 1.807) is 19.2 Å². The summed E-state index contributed by atoms with van der Waals surface area (Å²) >= 11 is 0. The molecule has 5 nitrogen and oxygen atoms in total. The van der Waals surface area contributed by atoms with E-state index in [0.29, 0.717) is 12.1 Å². The van der Waals surface area contributed by atoms with Gasteiger partial charge in [0, 0.05) is 12.7 Å². The molecule has 2 aromatic rings. The van der Waals surface area contributed by atoms with E-state index < -0.39 is 11.8 Å². The molecular weight excluding hydrogens is 340 g/mol. The van der Waals surface area contributed by atoms with Crippen LogP contribution in [0.15, 0.2) is 42.5 Å². The highest BCUT2D eigenvalue weighted by atomic mass is 16.3. The van der Waals surface area contributed by atoms with Gasteiger partial charge in [0.05, 0.1) is 6.04 Å². The Morgan fingerprint density at radius 3 is 2.41 bits per heavy atom. The monoisotopic (exact) mass is 366 g/mol. The minimum absolute atomic E-state index is 0.113. The van der Waals surface area contributed by atoms with Gasteiger partial charge in [0.25, 0.3) is 0 Å². The van der Waals surface area contributed by atoms with Crippen molar-refractivity contribution in [2.45, 2.75) is 45.1 Å². The van der Waals surface area contributed by atoms with Crippen molar-refractivity contribution in [1.29, 1.82) is 0 Å². The summed E-state index contributed by atoms with van der Waals surface area (Å²) in [6, 6.07) is 12.4. The van der Waals surface area contributed by atoms with Gasteiger partial charge in [-0.2, -0.15) is 0 Å². The number of carbonyl (C=O) groups is 2.